The molecule has 0 saturated heterocycles. The van der Waals surface area contributed by atoms with Crippen molar-refractivity contribution in [2.45, 2.75) is 0 Å². The molecular formula is C7H7Cl2NO2. The first-order valence-corrected chi connectivity index (χ1v) is 3.27. The lowest BCUT2D eigenvalue weighted by molar-refractivity contribution is 0.0698. The molecule has 0 spiro atoms. The lowest BCUT2D eigenvalue weighted by Gasteiger charge is -1.98. The second-order valence-electron chi connectivity index (χ2n) is 2.04. The number of hydrogen-bond acceptors (Lipinski definition) is 2. The Hall–Kier alpha value is -0.930. The summed E-state index contributed by atoms with van der Waals surface area (Å²) in [5, 5.41) is 8.97. The molecule has 66 valence electrons. The van der Waals surface area contributed by atoms with Crippen LogP contribution in [-0.2, 0) is 0 Å². The largest absolute Gasteiger partial charge is 0.478 e. The highest BCUT2D eigenvalue weighted by Gasteiger charge is 2.06. The summed E-state index contributed by atoms with van der Waals surface area (Å²) in [5.41, 5.74) is 5.62. The number of anilines is 1. The highest BCUT2D eigenvalue weighted by atomic mass is 35.5. The predicted molar refractivity (Wildman–Crippen MR) is 50.1 cm³/mol. The van der Waals surface area contributed by atoms with Gasteiger partial charge in [0.15, 0.2) is 0 Å². The molecule has 5 heteroatoms. The first-order valence-electron chi connectivity index (χ1n) is 2.89. The summed E-state index contributed by atoms with van der Waals surface area (Å²) in [6.45, 7) is 0. The van der Waals surface area contributed by atoms with Crippen LogP contribution in [0.5, 0.6) is 0 Å². The van der Waals surface area contributed by atoms with Gasteiger partial charge in [0.05, 0.1) is 5.56 Å². The number of benzene rings is 1. The van der Waals surface area contributed by atoms with E-state index < -0.39 is 5.97 Å². The van der Waals surface area contributed by atoms with Crippen LogP contribution in [0.1, 0.15) is 10.4 Å². The fraction of sp³-hybridized carbons (Fsp3) is 0. The van der Waals surface area contributed by atoms with E-state index in [2.05, 4.69) is 0 Å². The second kappa shape index (κ2) is 4.18. The van der Waals surface area contributed by atoms with Crippen molar-refractivity contribution in [3.8, 4) is 0 Å². The van der Waals surface area contributed by atoms with Crippen LogP contribution in [0.15, 0.2) is 18.2 Å². The Balaban J connectivity index is 0.00000121. The summed E-state index contributed by atoms with van der Waals surface area (Å²) in [7, 11) is 0. The van der Waals surface area contributed by atoms with E-state index in [1.54, 1.807) is 0 Å². The van der Waals surface area contributed by atoms with Gasteiger partial charge in [-0.05, 0) is 18.2 Å². The van der Waals surface area contributed by atoms with Crippen LogP contribution in [0.25, 0.3) is 0 Å². The first kappa shape index (κ1) is 11.1. The Morgan fingerprint density at radius 2 is 2.08 bits per heavy atom. The van der Waals surface area contributed by atoms with Crippen LogP contribution in [0, 0.1) is 0 Å². The monoisotopic (exact) mass is 207 g/mol. The molecule has 3 nitrogen and oxygen atoms in total. The molecule has 0 heterocycles. The third kappa shape index (κ3) is 2.29. The van der Waals surface area contributed by atoms with E-state index in [1.807, 2.05) is 0 Å². The molecule has 0 atom stereocenters. The van der Waals surface area contributed by atoms with E-state index in [9.17, 15) is 4.79 Å². The molecular weight excluding hydrogens is 201 g/mol. The smallest absolute Gasteiger partial charge is 0.337 e. The predicted octanol–water partition coefficient (Wildman–Crippen LogP) is 2.04. The van der Waals surface area contributed by atoms with Gasteiger partial charge in [-0.15, -0.1) is 12.4 Å². The van der Waals surface area contributed by atoms with Gasteiger partial charge in [-0.3, -0.25) is 0 Å². The number of hydrogen-bond donors (Lipinski definition) is 2. The Morgan fingerprint density at radius 3 is 2.50 bits per heavy atom. The molecule has 0 amide bonds. The van der Waals surface area contributed by atoms with Crippen LogP contribution in [0.3, 0.4) is 0 Å². The van der Waals surface area contributed by atoms with E-state index in [1.165, 1.54) is 18.2 Å². The van der Waals surface area contributed by atoms with E-state index in [0.717, 1.165) is 0 Å². The van der Waals surface area contributed by atoms with E-state index in [0.29, 0.717) is 5.02 Å². The van der Waals surface area contributed by atoms with Gasteiger partial charge in [0.2, 0.25) is 0 Å². The van der Waals surface area contributed by atoms with Gasteiger partial charge in [0, 0.05) is 10.7 Å². The van der Waals surface area contributed by atoms with Gasteiger partial charge in [-0.25, -0.2) is 4.79 Å². The minimum Gasteiger partial charge on any atom is -0.478 e. The molecule has 12 heavy (non-hydrogen) atoms. The molecule has 0 aliphatic heterocycles. The summed E-state index contributed by atoms with van der Waals surface area (Å²) in [6, 6.07) is 4.27. The normalized spacial score (nSPS) is 8.75. The minimum absolute atomic E-state index is 0. The zero-order chi connectivity index (χ0) is 8.43. The second-order valence-corrected chi connectivity index (χ2v) is 2.47. The molecule has 1 aromatic carbocycles. The van der Waals surface area contributed by atoms with Crippen molar-refractivity contribution in [3.05, 3.63) is 28.8 Å². The quantitative estimate of drug-likeness (QED) is 0.694. The average Bonchev–Trinajstić information content (AvgIpc) is 1.85. The van der Waals surface area contributed by atoms with Crippen molar-refractivity contribution in [3.63, 3.8) is 0 Å². The Labute approximate surface area is 80.5 Å². The van der Waals surface area contributed by atoms with E-state index in [-0.39, 0.29) is 23.7 Å². The van der Waals surface area contributed by atoms with Crippen LogP contribution in [0.4, 0.5) is 5.69 Å². The summed E-state index contributed by atoms with van der Waals surface area (Å²) in [4.78, 5) is 10.4. The van der Waals surface area contributed by atoms with Crippen LogP contribution >= 0.6 is 24.0 Å². The molecule has 0 fully saturated rings. The Kier molecular flexibility index (Phi) is 3.86. The zero-order valence-electron chi connectivity index (χ0n) is 5.95. The number of carbonyl (C=O) groups is 1. The van der Waals surface area contributed by atoms with Crippen LogP contribution in [0.2, 0.25) is 5.02 Å². The standard InChI is InChI=1S/C7H6ClNO2.ClH/c8-4-1-2-5(7(10)11)6(9)3-4;/h1-3H,9H2,(H,10,11);1H. The van der Waals surface area contributed by atoms with Gasteiger partial charge >= 0.3 is 5.97 Å². The lowest BCUT2D eigenvalue weighted by Crippen LogP contribution is -2.01. The number of aromatic carboxylic acids is 1. The van der Waals surface area contributed by atoms with Crippen molar-refractivity contribution in [2.75, 3.05) is 5.73 Å². The van der Waals surface area contributed by atoms with Gasteiger partial charge in [-0.2, -0.15) is 0 Å². The SMILES string of the molecule is Cl.Nc1cc(Cl)ccc1C(=O)O. The Bertz CT molecular complexity index is 301. The summed E-state index contributed by atoms with van der Waals surface area (Å²) in [6.07, 6.45) is 0. The number of rotatable bonds is 1. The van der Waals surface area contributed by atoms with Crippen molar-refractivity contribution < 1.29 is 9.90 Å². The molecule has 0 aromatic heterocycles. The third-order valence-corrected chi connectivity index (χ3v) is 1.48. The molecule has 0 saturated carbocycles. The Morgan fingerprint density at radius 1 is 1.50 bits per heavy atom. The van der Waals surface area contributed by atoms with Crippen molar-refractivity contribution >= 4 is 35.7 Å². The maximum absolute atomic E-state index is 10.4. The summed E-state index contributed by atoms with van der Waals surface area (Å²) < 4.78 is 0. The van der Waals surface area contributed by atoms with Crippen molar-refractivity contribution in [2.24, 2.45) is 0 Å². The molecule has 0 radical (unpaired) electrons. The maximum Gasteiger partial charge on any atom is 0.337 e. The van der Waals surface area contributed by atoms with Gasteiger partial charge in [-0.1, -0.05) is 11.6 Å². The van der Waals surface area contributed by atoms with Crippen LogP contribution < -0.4 is 5.73 Å². The number of carboxylic acid groups (broad SMARTS) is 1. The highest BCUT2D eigenvalue weighted by Crippen LogP contribution is 2.17. The number of nitrogen functional groups attached to an aromatic ring is 1. The van der Waals surface area contributed by atoms with Crippen molar-refractivity contribution in [1.82, 2.24) is 0 Å². The fourth-order valence-electron chi connectivity index (χ4n) is 0.728. The summed E-state index contributed by atoms with van der Waals surface area (Å²) >= 11 is 5.55. The molecule has 0 unspecified atom stereocenters. The average molecular weight is 208 g/mol. The zero-order valence-corrected chi connectivity index (χ0v) is 7.52. The van der Waals surface area contributed by atoms with Gasteiger partial charge in [0.25, 0.3) is 0 Å². The molecule has 0 aliphatic carbocycles. The number of halogens is 2. The topological polar surface area (TPSA) is 63.3 Å². The van der Waals surface area contributed by atoms with E-state index in [4.69, 9.17) is 22.4 Å². The first-order chi connectivity index (χ1) is 5.11. The van der Waals surface area contributed by atoms with Gasteiger partial charge in [0.1, 0.15) is 0 Å². The molecule has 0 aliphatic rings. The molecule has 3 N–H and O–H groups in total. The summed E-state index contributed by atoms with van der Waals surface area (Å²) in [5.74, 6) is -1.04. The van der Waals surface area contributed by atoms with Crippen molar-refractivity contribution in [1.29, 1.82) is 0 Å². The maximum atomic E-state index is 10.4. The minimum atomic E-state index is -1.04. The third-order valence-electron chi connectivity index (χ3n) is 1.24. The lowest BCUT2D eigenvalue weighted by atomic mass is 10.2. The molecule has 1 aromatic rings. The molecule has 1 rings (SSSR count). The van der Waals surface area contributed by atoms with Gasteiger partial charge < -0.3 is 10.8 Å². The van der Waals surface area contributed by atoms with Crippen LogP contribution in [-0.4, -0.2) is 11.1 Å². The fourth-order valence-corrected chi connectivity index (χ4v) is 0.909. The molecule has 0 bridgehead atoms. The number of carboxylic acids is 1. The van der Waals surface area contributed by atoms with E-state index >= 15 is 0 Å². The highest BCUT2D eigenvalue weighted by molar-refractivity contribution is 6.31. The number of nitrogens with two attached hydrogens (primary N) is 1.